The smallest absolute Gasteiger partial charge is 0.194 e. The molecule has 0 fully saturated rings. The minimum atomic E-state index is 0. The van der Waals surface area contributed by atoms with Crippen molar-refractivity contribution in [3.05, 3.63) is 47.4 Å². The number of rotatable bonds is 5. The number of halogens is 1. The third-order valence-corrected chi connectivity index (χ3v) is 4.32. The molecule has 0 aliphatic carbocycles. The minimum Gasteiger partial charge on any atom is -0.493 e. The van der Waals surface area contributed by atoms with E-state index >= 15 is 0 Å². The van der Waals surface area contributed by atoms with E-state index in [2.05, 4.69) is 29.3 Å². The second-order valence-electron chi connectivity index (χ2n) is 5.90. The molecule has 0 spiro atoms. The monoisotopic (exact) mass is 471 g/mol. The summed E-state index contributed by atoms with van der Waals surface area (Å²) in [6.45, 7) is 5.14. The fourth-order valence-corrected chi connectivity index (χ4v) is 3.05. The molecular weight excluding hydrogens is 445 g/mol. The maximum Gasteiger partial charge on any atom is 0.194 e. The molecule has 0 saturated heterocycles. The number of hydrogen-bond donors (Lipinski definition) is 1. The number of methoxy groups -OCH3 is 2. The molecule has 0 unspecified atom stereocenters. The number of guanidine groups is 1. The predicted octanol–water partition coefficient (Wildman–Crippen LogP) is 3.44. The van der Waals surface area contributed by atoms with Gasteiger partial charge >= 0.3 is 0 Å². The van der Waals surface area contributed by atoms with Crippen molar-refractivity contribution in [2.75, 3.05) is 27.3 Å². The first-order valence-electron chi connectivity index (χ1n) is 8.54. The predicted molar refractivity (Wildman–Crippen MR) is 113 cm³/mol. The number of nitrogens with one attached hydrogen (secondary N) is 1. The number of furan rings is 1. The summed E-state index contributed by atoms with van der Waals surface area (Å²) in [6.07, 6.45) is 2.62. The largest absolute Gasteiger partial charge is 0.493 e. The van der Waals surface area contributed by atoms with Crippen LogP contribution in [0.5, 0.6) is 11.5 Å². The van der Waals surface area contributed by atoms with E-state index in [0.717, 1.165) is 49.3 Å². The fraction of sp³-hybridized carbons (Fsp3) is 0.421. The van der Waals surface area contributed by atoms with Crippen LogP contribution >= 0.6 is 24.0 Å². The topological polar surface area (TPSA) is 59.2 Å². The van der Waals surface area contributed by atoms with Crippen molar-refractivity contribution in [3.63, 3.8) is 0 Å². The van der Waals surface area contributed by atoms with Crippen molar-refractivity contribution in [3.8, 4) is 11.5 Å². The summed E-state index contributed by atoms with van der Waals surface area (Å²) in [5.41, 5.74) is 2.54. The van der Waals surface area contributed by atoms with Crippen LogP contribution in [-0.2, 0) is 19.5 Å². The number of hydrogen-bond acceptors (Lipinski definition) is 4. The molecule has 6 nitrogen and oxygen atoms in total. The highest BCUT2D eigenvalue weighted by Crippen LogP contribution is 2.33. The molecule has 2 heterocycles. The van der Waals surface area contributed by atoms with E-state index in [1.807, 2.05) is 12.1 Å². The van der Waals surface area contributed by atoms with E-state index < -0.39 is 0 Å². The van der Waals surface area contributed by atoms with E-state index in [9.17, 15) is 0 Å². The van der Waals surface area contributed by atoms with Crippen molar-refractivity contribution in [1.82, 2.24) is 10.2 Å². The van der Waals surface area contributed by atoms with Crippen LogP contribution < -0.4 is 14.8 Å². The second-order valence-corrected chi connectivity index (χ2v) is 5.90. The zero-order chi connectivity index (χ0) is 17.6. The van der Waals surface area contributed by atoms with Crippen LogP contribution in [-0.4, -0.2) is 38.2 Å². The first-order valence-corrected chi connectivity index (χ1v) is 8.54. The van der Waals surface area contributed by atoms with Gasteiger partial charge in [-0.2, -0.15) is 0 Å². The Balaban J connectivity index is 0.00000243. The lowest BCUT2D eigenvalue weighted by Gasteiger charge is -2.32. The van der Waals surface area contributed by atoms with Crippen molar-refractivity contribution in [2.24, 2.45) is 4.99 Å². The lowest BCUT2D eigenvalue weighted by Crippen LogP contribution is -2.44. The molecule has 7 heteroatoms. The summed E-state index contributed by atoms with van der Waals surface area (Å²) in [5, 5.41) is 3.38. The van der Waals surface area contributed by atoms with Crippen LogP contribution in [0.15, 0.2) is 39.9 Å². The van der Waals surface area contributed by atoms with E-state index in [1.165, 1.54) is 11.1 Å². The first kappa shape index (κ1) is 20.4. The lowest BCUT2D eigenvalue weighted by atomic mass is 9.99. The third-order valence-electron chi connectivity index (χ3n) is 4.32. The van der Waals surface area contributed by atoms with Crippen LogP contribution in [0.25, 0.3) is 0 Å². The summed E-state index contributed by atoms with van der Waals surface area (Å²) in [4.78, 5) is 6.98. The zero-order valence-corrected chi connectivity index (χ0v) is 17.8. The van der Waals surface area contributed by atoms with Gasteiger partial charge in [0.15, 0.2) is 17.5 Å². The number of aliphatic imine (C=N–C) groups is 1. The number of fused-ring (bicyclic) bond motifs is 1. The molecule has 1 aliphatic heterocycles. The van der Waals surface area contributed by atoms with Crippen LogP contribution in [0.4, 0.5) is 0 Å². The maximum absolute atomic E-state index is 5.44. The second kappa shape index (κ2) is 9.70. The molecule has 2 aromatic rings. The van der Waals surface area contributed by atoms with E-state index in [0.29, 0.717) is 6.54 Å². The number of nitrogens with zero attached hydrogens (tertiary/aromatic N) is 2. The average Bonchev–Trinajstić information content (AvgIpc) is 3.17. The summed E-state index contributed by atoms with van der Waals surface area (Å²) in [6, 6.07) is 7.97. The van der Waals surface area contributed by atoms with Crippen molar-refractivity contribution in [2.45, 2.75) is 26.4 Å². The molecule has 0 atom stereocenters. The number of benzene rings is 1. The average molecular weight is 471 g/mol. The Morgan fingerprint density at radius 1 is 1.23 bits per heavy atom. The Bertz CT molecular complexity index is 732. The molecule has 3 rings (SSSR count). The van der Waals surface area contributed by atoms with Crippen molar-refractivity contribution < 1.29 is 13.9 Å². The molecule has 1 aromatic carbocycles. The highest BCUT2D eigenvalue weighted by atomic mass is 127. The van der Waals surface area contributed by atoms with Crippen LogP contribution in [0.3, 0.4) is 0 Å². The Kier molecular flexibility index (Phi) is 7.62. The molecule has 1 N–H and O–H groups in total. The maximum atomic E-state index is 5.44. The number of ether oxygens (including phenoxy) is 2. The molecule has 1 aromatic heterocycles. The van der Waals surface area contributed by atoms with Gasteiger partial charge in [0.2, 0.25) is 0 Å². The Morgan fingerprint density at radius 2 is 1.96 bits per heavy atom. The first-order chi connectivity index (χ1) is 12.2. The van der Waals surface area contributed by atoms with Gasteiger partial charge < -0.3 is 24.1 Å². The Hall–Kier alpha value is -1.90. The van der Waals surface area contributed by atoms with Gasteiger partial charge in [-0.05, 0) is 48.7 Å². The van der Waals surface area contributed by atoms with Gasteiger partial charge in [0.25, 0.3) is 0 Å². The Morgan fingerprint density at radius 3 is 2.58 bits per heavy atom. The highest BCUT2D eigenvalue weighted by molar-refractivity contribution is 14.0. The van der Waals surface area contributed by atoms with Gasteiger partial charge in [-0.1, -0.05) is 0 Å². The molecule has 0 saturated carbocycles. The molecule has 1 aliphatic rings. The van der Waals surface area contributed by atoms with Gasteiger partial charge in [0, 0.05) is 19.6 Å². The van der Waals surface area contributed by atoms with Crippen LogP contribution in [0.1, 0.15) is 23.8 Å². The Labute approximate surface area is 171 Å². The van der Waals surface area contributed by atoms with Gasteiger partial charge in [-0.25, -0.2) is 4.99 Å². The molecule has 142 valence electrons. The van der Waals surface area contributed by atoms with Gasteiger partial charge in [0.05, 0.1) is 20.5 Å². The summed E-state index contributed by atoms with van der Waals surface area (Å²) in [5.74, 6) is 3.31. The summed E-state index contributed by atoms with van der Waals surface area (Å²) < 4.78 is 16.2. The fourth-order valence-electron chi connectivity index (χ4n) is 3.05. The van der Waals surface area contributed by atoms with Crippen LogP contribution in [0, 0.1) is 0 Å². The van der Waals surface area contributed by atoms with Crippen molar-refractivity contribution >= 4 is 29.9 Å². The molecular formula is C19H26IN3O3. The standard InChI is InChI=1S/C19H25N3O3.HI/c1-4-20-19(21-12-16-6-5-9-25-16)22-8-7-14-10-17(23-2)18(24-3)11-15(14)13-22;/h5-6,9-11H,4,7-8,12-13H2,1-3H3,(H,20,21);1H. The van der Waals surface area contributed by atoms with Crippen LogP contribution in [0.2, 0.25) is 0 Å². The minimum absolute atomic E-state index is 0. The summed E-state index contributed by atoms with van der Waals surface area (Å²) in [7, 11) is 3.34. The SMILES string of the molecule is CCNC(=NCc1ccco1)N1CCc2cc(OC)c(OC)cc2C1.I. The molecule has 26 heavy (non-hydrogen) atoms. The quantitative estimate of drug-likeness (QED) is 0.412. The van der Waals surface area contributed by atoms with Gasteiger partial charge in [-0.15, -0.1) is 24.0 Å². The third kappa shape index (κ3) is 4.63. The molecule has 0 bridgehead atoms. The molecule has 0 radical (unpaired) electrons. The lowest BCUT2D eigenvalue weighted by molar-refractivity contribution is 0.345. The highest BCUT2D eigenvalue weighted by Gasteiger charge is 2.21. The summed E-state index contributed by atoms with van der Waals surface area (Å²) >= 11 is 0. The van der Waals surface area contributed by atoms with E-state index in [1.54, 1.807) is 20.5 Å². The van der Waals surface area contributed by atoms with E-state index in [4.69, 9.17) is 18.9 Å². The van der Waals surface area contributed by atoms with Gasteiger partial charge in [-0.3, -0.25) is 0 Å². The van der Waals surface area contributed by atoms with Gasteiger partial charge in [0.1, 0.15) is 12.3 Å². The normalized spacial score (nSPS) is 13.7. The molecule has 0 amide bonds. The zero-order valence-electron chi connectivity index (χ0n) is 15.4. The van der Waals surface area contributed by atoms with Crippen molar-refractivity contribution in [1.29, 1.82) is 0 Å². The van der Waals surface area contributed by atoms with E-state index in [-0.39, 0.29) is 24.0 Å².